The van der Waals surface area contributed by atoms with E-state index in [2.05, 4.69) is 35.4 Å². The molecule has 1 amide bonds. The van der Waals surface area contributed by atoms with Crippen molar-refractivity contribution in [3.8, 4) is 16.9 Å². The van der Waals surface area contributed by atoms with Crippen LogP contribution >= 0.6 is 11.3 Å². The second-order valence-electron chi connectivity index (χ2n) is 6.60. The average Bonchev–Trinajstić information content (AvgIpc) is 3.13. The molecule has 0 saturated carbocycles. The number of aromatic nitrogens is 1. The summed E-state index contributed by atoms with van der Waals surface area (Å²) in [7, 11) is 0. The first-order valence-electron chi connectivity index (χ1n) is 9.05. The van der Waals surface area contributed by atoms with E-state index in [1.165, 1.54) is 16.9 Å². The number of aryl methyl sites for hydroxylation is 2. The number of anilines is 1. The van der Waals surface area contributed by atoms with Crippen molar-refractivity contribution < 1.29 is 9.53 Å². The average molecular weight is 388 g/mol. The van der Waals surface area contributed by atoms with Gasteiger partial charge < -0.3 is 4.74 Å². The van der Waals surface area contributed by atoms with E-state index >= 15 is 0 Å². The predicted octanol–water partition coefficient (Wildman–Crippen LogP) is 5.60. The minimum Gasteiger partial charge on any atom is -0.484 e. The van der Waals surface area contributed by atoms with Crippen LogP contribution in [0.4, 0.5) is 5.13 Å². The highest BCUT2D eigenvalue weighted by Crippen LogP contribution is 2.29. The molecule has 4 aromatic rings. The first-order valence-corrected chi connectivity index (χ1v) is 9.87. The van der Waals surface area contributed by atoms with Gasteiger partial charge in [-0.25, -0.2) is 4.98 Å². The van der Waals surface area contributed by atoms with E-state index in [9.17, 15) is 4.79 Å². The lowest BCUT2D eigenvalue weighted by Gasteiger charge is -2.07. The highest BCUT2D eigenvalue weighted by Gasteiger charge is 2.11. The predicted molar refractivity (Wildman–Crippen MR) is 115 cm³/mol. The number of nitrogens with zero attached hydrogens (tertiary/aromatic N) is 1. The van der Waals surface area contributed by atoms with Crippen molar-refractivity contribution in [2.75, 3.05) is 11.9 Å². The lowest BCUT2D eigenvalue weighted by molar-refractivity contribution is -0.118. The second kappa shape index (κ2) is 7.82. The van der Waals surface area contributed by atoms with Gasteiger partial charge in [-0.3, -0.25) is 10.1 Å². The number of fused-ring (bicyclic) bond motifs is 1. The largest absolute Gasteiger partial charge is 0.484 e. The van der Waals surface area contributed by atoms with Crippen LogP contribution in [0.1, 0.15) is 11.1 Å². The summed E-state index contributed by atoms with van der Waals surface area (Å²) in [5.74, 6) is 0.436. The zero-order chi connectivity index (χ0) is 19.5. The van der Waals surface area contributed by atoms with E-state index < -0.39 is 0 Å². The Kier molecular flexibility index (Phi) is 5.08. The van der Waals surface area contributed by atoms with Gasteiger partial charge in [0, 0.05) is 0 Å². The molecule has 1 N–H and O–H groups in total. The minimum atomic E-state index is -0.222. The number of hydrogen-bond acceptors (Lipinski definition) is 4. The highest BCUT2D eigenvalue weighted by molar-refractivity contribution is 7.22. The first kappa shape index (κ1) is 18.2. The third-order valence-electron chi connectivity index (χ3n) is 4.66. The molecule has 1 heterocycles. The van der Waals surface area contributed by atoms with Crippen LogP contribution in [0.2, 0.25) is 0 Å². The summed E-state index contributed by atoms with van der Waals surface area (Å²) in [6.07, 6.45) is 0. The molecule has 0 unspecified atom stereocenters. The van der Waals surface area contributed by atoms with Crippen molar-refractivity contribution in [2.24, 2.45) is 0 Å². The molecule has 0 aliphatic rings. The van der Waals surface area contributed by atoms with Crippen molar-refractivity contribution in [3.63, 3.8) is 0 Å². The number of benzene rings is 3. The van der Waals surface area contributed by atoms with Gasteiger partial charge >= 0.3 is 0 Å². The number of hydrogen-bond donors (Lipinski definition) is 1. The van der Waals surface area contributed by atoms with Crippen LogP contribution in [0.15, 0.2) is 66.7 Å². The maximum absolute atomic E-state index is 12.2. The van der Waals surface area contributed by atoms with Gasteiger partial charge in [0.15, 0.2) is 11.7 Å². The Morgan fingerprint density at radius 3 is 2.43 bits per heavy atom. The molecular weight excluding hydrogens is 368 g/mol. The molecule has 28 heavy (non-hydrogen) atoms. The summed E-state index contributed by atoms with van der Waals surface area (Å²) in [5.41, 5.74) is 5.53. The fourth-order valence-corrected chi connectivity index (χ4v) is 3.90. The normalized spacial score (nSPS) is 10.8. The summed E-state index contributed by atoms with van der Waals surface area (Å²) in [4.78, 5) is 16.8. The molecule has 0 bridgehead atoms. The zero-order valence-corrected chi connectivity index (χ0v) is 16.5. The Hall–Kier alpha value is -3.18. The van der Waals surface area contributed by atoms with E-state index in [4.69, 9.17) is 4.74 Å². The molecule has 0 saturated heterocycles. The van der Waals surface area contributed by atoms with Gasteiger partial charge in [0.05, 0.1) is 10.2 Å². The quantitative estimate of drug-likeness (QED) is 0.484. The Morgan fingerprint density at radius 2 is 1.68 bits per heavy atom. The molecule has 4 nitrogen and oxygen atoms in total. The summed E-state index contributed by atoms with van der Waals surface area (Å²) < 4.78 is 6.68. The summed E-state index contributed by atoms with van der Waals surface area (Å²) in [6, 6.07) is 22.0. The van der Waals surface area contributed by atoms with Gasteiger partial charge in [0.25, 0.3) is 5.91 Å². The van der Waals surface area contributed by atoms with E-state index in [1.807, 2.05) is 55.5 Å². The molecule has 0 atom stereocenters. The van der Waals surface area contributed by atoms with Gasteiger partial charge in [0.1, 0.15) is 5.75 Å². The number of carbonyl (C=O) groups excluding carboxylic acids is 1. The fourth-order valence-electron chi connectivity index (χ4n) is 2.96. The monoisotopic (exact) mass is 388 g/mol. The Morgan fingerprint density at radius 1 is 0.964 bits per heavy atom. The van der Waals surface area contributed by atoms with Crippen molar-refractivity contribution in [1.29, 1.82) is 0 Å². The highest BCUT2D eigenvalue weighted by atomic mass is 32.1. The van der Waals surface area contributed by atoms with E-state index in [0.29, 0.717) is 10.9 Å². The maximum Gasteiger partial charge on any atom is 0.264 e. The van der Waals surface area contributed by atoms with Crippen LogP contribution in [-0.2, 0) is 4.79 Å². The van der Waals surface area contributed by atoms with Crippen molar-refractivity contribution >= 4 is 32.6 Å². The van der Waals surface area contributed by atoms with Gasteiger partial charge in [0.2, 0.25) is 0 Å². The van der Waals surface area contributed by atoms with Crippen LogP contribution in [0.5, 0.6) is 5.75 Å². The molecule has 5 heteroatoms. The van der Waals surface area contributed by atoms with E-state index in [0.717, 1.165) is 26.9 Å². The smallest absolute Gasteiger partial charge is 0.264 e. The van der Waals surface area contributed by atoms with Crippen LogP contribution in [0.25, 0.3) is 21.3 Å². The van der Waals surface area contributed by atoms with E-state index in [1.54, 1.807) is 0 Å². The van der Waals surface area contributed by atoms with Crippen LogP contribution < -0.4 is 10.1 Å². The van der Waals surface area contributed by atoms with Gasteiger partial charge in [-0.2, -0.15) is 0 Å². The first-order chi connectivity index (χ1) is 13.6. The molecule has 0 aliphatic carbocycles. The van der Waals surface area contributed by atoms with Gasteiger partial charge in [-0.15, -0.1) is 0 Å². The van der Waals surface area contributed by atoms with Crippen molar-refractivity contribution in [1.82, 2.24) is 4.98 Å². The molecule has 1 aromatic heterocycles. The fraction of sp³-hybridized carbons (Fsp3) is 0.130. The number of nitrogens with one attached hydrogen (secondary N) is 1. The van der Waals surface area contributed by atoms with Crippen molar-refractivity contribution in [2.45, 2.75) is 13.8 Å². The third kappa shape index (κ3) is 3.89. The second-order valence-corrected chi connectivity index (χ2v) is 7.63. The SMILES string of the molecule is Cc1ccc2sc(NC(=O)COc3ccc(-c4ccccc4)cc3)nc2c1C. The number of thiazole rings is 1. The molecule has 140 valence electrons. The summed E-state index contributed by atoms with van der Waals surface area (Å²) >= 11 is 1.47. The topological polar surface area (TPSA) is 51.2 Å². The number of ether oxygens (including phenoxy) is 1. The Bertz CT molecular complexity index is 1120. The maximum atomic E-state index is 12.2. The molecule has 0 fully saturated rings. The number of amides is 1. The molecule has 3 aromatic carbocycles. The third-order valence-corrected chi connectivity index (χ3v) is 5.60. The molecule has 4 rings (SSSR count). The molecular formula is C23H20N2O2S. The summed E-state index contributed by atoms with van der Waals surface area (Å²) in [6.45, 7) is 4.05. The summed E-state index contributed by atoms with van der Waals surface area (Å²) in [5, 5.41) is 3.42. The molecule has 0 spiro atoms. The van der Waals surface area contributed by atoms with Gasteiger partial charge in [-0.1, -0.05) is 59.9 Å². The van der Waals surface area contributed by atoms with E-state index in [-0.39, 0.29) is 12.5 Å². The Labute approximate surface area is 167 Å². The zero-order valence-electron chi connectivity index (χ0n) is 15.7. The van der Waals surface area contributed by atoms with Crippen molar-refractivity contribution in [3.05, 3.63) is 77.9 Å². The molecule has 0 aliphatic heterocycles. The number of carbonyl (C=O) groups is 1. The Balaban J connectivity index is 1.37. The van der Waals surface area contributed by atoms with Crippen LogP contribution in [0, 0.1) is 13.8 Å². The van der Waals surface area contributed by atoms with Gasteiger partial charge in [-0.05, 0) is 54.3 Å². The lowest BCUT2D eigenvalue weighted by atomic mass is 10.1. The van der Waals surface area contributed by atoms with Crippen LogP contribution in [0.3, 0.4) is 0 Å². The number of rotatable bonds is 5. The minimum absolute atomic E-state index is 0.0569. The van der Waals surface area contributed by atoms with Crippen LogP contribution in [-0.4, -0.2) is 17.5 Å². The molecule has 0 radical (unpaired) electrons. The standard InChI is InChI=1S/C23H20N2O2S/c1-15-8-13-20-22(16(15)2)25-23(28-20)24-21(26)14-27-19-11-9-18(10-12-19)17-6-4-3-5-7-17/h3-13H,14H2,1-2H3,(H,24,25,26). The lowest BCUT2D eigenvalue weighted by Crippen LogP contribution is -2.19.